The lowest BCUT2D eigenvalue weighted by Crippen LogP contribution is -2.09. The fourth-order valence-electron chi connectivity index (χ4n) is 1.32. The molecule has 0 atom stereocenters. The summed E-state index contributed by atoms with van der Waals surface area (Å²) in [5, 5.41) is 20.8. The van der Waals surface area contributed by atoms with Gasteiger partial charge in [0.25, 0.3) is 0 Å². The topological polar surface area (TPSA) is 98.3 Å². The van der Waals surface area contributed by atoms with Crippen LogP contribution in [0.25, 0.3) is 0 Å². The molecule has 0 heterocycles. The molecular weight excluding hydrogens is 244 g/mol. The number of hydrazone groups is 1. The molecule has 0 aliphatic heterocycles. The SMILES string of the molecule is CCOC(=O)c1cc(C)ccc1NN=C(C#N)C#N. The molecule has 0 aromatic heterocycles. The van der Waals surface area contributed by atoms with Gasteiger partial charge in [-0.3, -0.25) is 5.43 Å². The van der Waals surface area contributed by atoms with E-state index >= 15 is 0 Å². The predicted molar refractivity (Wildman–Crippen MR) is 69.4 cm³/mol. The third kappa shape index (κ3) is 3.83. The number of nitriles is 2. The van der Waals surface area contributed by atoms with E-state index in [4.69, 9.17) is 15.3 Å². The second kappa shape index (κ2) is 6.77. The highest BCUT2D eigenvalue weighted by Crippen LogP contribution is 2.18. The number of esters is 1. The van der Waals surface area contributed by atoms with Crippen LogP contribution in [0.1, 0.15) is 22.8 Å². The smallest absolute Gasteiger partial charge is 0.340 e. The number of ether oxygens (including phenoxy) is 1. The second-order valence-corrected chi connectivity index (χ2v) is 3.57. The number of rotatable bonds is 4. The minimum Gasteiger partial charge on any atom is -0.462 e. The number of carbonyl (C=O) groups excluding carboxylic acids is 1. The lowest BCUT2D eigenvalue weighted by Gasteiger charge is -2.08. The average molecular weight is 256 g/mol. The molecule has 1 N–H and O–H groups in total. The normalized spacial score (nSPS) is 8.84. The summed E-state index contributed by atoms with van der Waals surface area (Å²) in [7, 11) is 0. The van der Waals surface area contributed by atoms with Crippen molar-refractivity contribution < 1.29 is 9.53 Å². The number of hydrogen-bond donors (Lipinski definition) is 1. The number of carbonyl (C=O) groups is 1. The van der Waals surface area contributed by atoms with Crippen LogP contribution in [0, 0.1) is 29.6 Å². The van der Waals surface area contributed by atoms with E-state index < -0.39 is 5.97 Å². The number of hydrogen-bond acceptors (Lipinski definition) is 6. The lowest BCUT2D eigenvalue weighted by molar-refractivity contribution is 0.0527. The fourth-order valence-corrected chi connectivity index (χ4v) is 1.32. The Morgan fingerprint density at radius 1 is 1.42 bits per heavy atom. The van der Waals surface area contributed by atoms with Gasteiger partial charge in [0, 0.05) is 0 Å². The number of anilines is 1. The fraction of sp³-hybridized carbons (Fsp3) is 0.231. The first kappa shape index (κ1) is 14.2. The summed E-state index contributed by atoms with van der Waals surface area (Å²) < 4.78 is 4.93. The van der Waals surface area contributed by atoms with Gasteiger partial charge in [0.15, 0.2) is 0 Å². The molecule has 0 radical (unpaired) electrons. The molecule has 0 bridgehead atoms. The van der Waals surface area contributed by atoms with Gasteiger partial charge in [0.05, 0.1) is 17.9 Å². The Hall–Kier alpha value is -2.86. The third-order valence-electron chi connectivity index (χ3n) is 2.17. The molecule has 0 aliphatic rings. The molecule has 6 heteroatoms. The molecule has 6 nitrogen and oxygen atoms in total. The van der Waals surface area contributed by atoms with Gasteiger partial charge in [-0.1, -0.05) is 11.6 Å². The monoisotopic (exact) mass is 256 g/mol. The summed E-state index contributed by atoms with van der Waals surface area (Å²) in [5.41, 5.74) is 3.78. The van der Waals surface area contributed by atoms with Crippen LogP contribution in [0.3, 0.4) is 0 Å². The molecule has 1 rings (SSSR count). The zero-order chi connectivity index (χ0) is 14.3. The number of benzene rings is 1. The van der Waals surface area contributed by atoms with E-state index in [0.29, 0.717) is 11.3 Å². The van der Waals surface area contributed by atoms with Gasteiger partial charge in [-0.2, -0.15) is 15.6 Å². The Bertz CT molecular complexity index is 578. The molecule has 96 valence electrons. The van der Waals surface area contributed by atoms with Crippen molar-refractivity contribution >= 4 is 17.4 Å². The predicted octanol–water partition coefficient (Wildman–Crippen LogP) is 1.99. The number of aryl methyl sites for hydroxylation is 1. The molecule has 0 aliphatic carbocycles. The number of nitrogens with zero attached hydrogens (tertiary/aromatic N) is 3. The van der Waals surface area contributed by atoms with Crippen molar-refractivity contribution in [3.63, 3.8) is 0 Å². The second-order valence-electron chi connectivity index (χ2n) is 3.57. The summed E-state index contributed by atoms with van der Waals surface area (Å²) in [6.45, 7) is 3.81. The van der Waals surface area contributed by atoms with Crippen LogP contribution in [0.2, 0.25) is 0 Å². The van der Waals surface area contributed by atoms with E-state index in [9.17, 15) is 4.79 Å². The Labute approximate surface area is 110 Å². The molecule has 0 saturated heterocycles. The minimum absolute atomic E-state index is 0.261. The Balaban J connectivity index is 3.08. The van der Waals surface area contributed by atoms with Crippen LogP contribution >= 0.6 is 0 Å². The van der Waals surface area contributed by atoms with E-state index in [2.05, 4.69) is 10.5 Å². The summed E-state index contributed by atoms with van der Waals surface area (Å²) in [5.74, 6) is -0.487. The van der Waals surface area contributed by atoms with Gasteiger partial charge in [0.1, 0.15) is 12.1 Å². The molecule has 0 unspecified atom stereocenters. The first-order chi connectivity index (χ1) is 9.12. The average Bonchev–Trinajstić information content (AvgIpc) is 2.41. The highest BCUT2D eigenvalue weighted by atomic mass is 16.5. The van der Waals surface area contributed by atoms with Crippen LogP contribution < -0.4 is 5.43 Å². The first-order valence-corrected chi connectivity index (χ1v) is 5.54. The summed E-state index contributed by atoms with van der Waals surface area (Å²) in [6.07, 6.45) is 0. The summed E-state index contributed by atoms with van der Waals surface area (Å²) in [6, 6.07) is 8.30. The zero-order valence-electron chi connectivity index (χ0n) is 10.6. The van der Waals surface area contributed by atoms with E-state index in [1.54, 1.807) is 37.3 Å². The highest BCUT2D eigenvalue weighted by molar-refractivity contribution is 6.10. The highest BCUT2D eigenvalue weighted by Gasteiger charge is 2.12. The van der Waals surface area contributed by atoms with Crippen molar-refractivity contribution in [3.8, 4) is 12.1 Å². The van der Waals surface area contributed by atoms with Crippen molar-refractivity contribution in [2.45, 2.75) is 13.8 Å². The van der Waals surface area contributed by atoms with Crippen LogP contribution in [0.5, 0.6) is 0 Å². The Morgan fingerprint density at radius 2 is 2.11 bits per heavy atom. The van der Waals surface area contributed by atoms with Crippen molar-refractivity contribution in [1.29, 1.82) is 10.5 Å². The van der Waals surface area contributed by atoms with E-state index in [0.717, 1.165) is 5.56 Å². The van der Waals surface area contributed by atoms with Crippen molar-refractivity contribution in [1.82, 2.24) is 0 Å². The zero-order valence-corrected chi connectivity index (χ0v) is 10.6. The molecule has 0 spiro atoms. The molecule has 19 heavy (non-hydrogen) atoms. The van der Waals surface area contributed by atoms with E-state index in [-0.39, 0.29) is 12.3 Å². The largest absolute Gasteiger partial charge is 0.462 e. The molecule has 0 saturated carbocycles. The molecule has 1 aromatic rings. The maximum absolute atomic E-state index is 11.8. The van der Waals surface area contributed by atoms with Gasteiger partial charge in [-0.05, 0) is 26.0 Å². The van der Waals surface area contributed by atoms with Crippen molar-refractivity contribution in [2.75, 3.05) is 12.0 Å². The van der Waals surface area contributed by atoms with E-state index in [1.807, 2.05) is 6.92 Å². The van der Waals surface area contributed by atoms with Crippen LogP contribution in [-0.4, -0.2) is 18.3 Å². The maximum atomic E-state index is 11.8. The quantitative estimate of drug-likeness (QED) is 0.504. The van der Waals surface area contributed by atoms with Gasteiger partial charge < -0.3 is 4.74 Å². The van der Waals surface area contributed by atoms with Gasteiger partial charge in [0.2, 0.25) is 5.71 Å². The van der Waals surface area contributed by atoms with Gasteiger partial charge in [-0.25, -0.2) is 4.79 Å². The maximum Gasteiger partial charge on any atom is 0.340 e. The standard InChI is InChI=1S/C13H12N4O2/c1-3-19-13(18)11-6-9(2)4-5-12(11)17-16-10(7-14)8-15/h4-6,17H,3H2,1-2H3. The van der Waals surface area contributed by atoms with Crippen molar-refractivity contribution in [2.24, 2.45) is 5.10 Å². The van der Waals surface area contributed by atoms with Crippen LogP contribution in [0.4, 0.5) is 5.69 Å². The first-order valence-electron chi connectivity index (χ1n) is 5.54. The summed E-state index contributed by atoms with van der Waals surface area (Å²) >= 11 is 0. The van der Waals surface area contributed by atoms with Gasteiger partial charge in [-0.15, -0.1) is 0 Å². The van der Waals surface area contributed by atoms with Crippen LogP contribution in [0.15, 0.2) is 23.3 Å². The molecule has 0 amide bonds. The Kier molecular flexibility index (Phi) is 5.06. The summed E-state index contributed by atoms with van der Waals surface area (Å²) in [4.78, 5) is 11.8. The third-order valence-corrected chi connectivity index (χ3v) is 2.17. The molecule has 0 fully saturated rings. The Morgan fingerprint density at radius 3 is 2.68 bits per heavy atom. The molecular formula is C13H12N4O2. The van der Waals surface area contributed by atoms with E-state index in [1.165, 1.54) is 0 Å². The minimum atomic E-state index is -0.487. The lowest BCUT2D eigenvalue weighted by atomic mass is 10.1. The van der Waals surface area contributed by atoms with Gasteiger partial charge >= 0.3 is 5.97 Å². The van der Waals surface area contributed by atoms with Crippen molar-refractivity contribution in [3.05, 3.63) is 29.3 Å². The number of nitrogens with one attached hydrogen (secondary N) is 1. The molecule has 1 aromatic carbocycles. The van der Waals surface area contributed by atoms with Crippen LogP contribution in [-0.2, 0) is 4.74 Å².